The van der Waals surface area contributed by atoms with Crippen molar-refractivity contribution in [2.45, 2.75) is 25.3 Å². The van der Waals surface area contributed by atoms with Gasteiger partial charge in [0.2, 0.25) is 5.91 Å². The van der Waals surface area contributed by atoms with E-state index in [0.29, 0.717) is 0 Å². The molecule has 0 fully saturated rings. The van der Waals surface area contributed by atoms with E-state index in [2.05, 4.69) is 24.0 Å². The predicted octanol–water partition coefficient (Wildman–Crippen LogP) is 2.68. The molecule has 0 saturated heterocycles. The van der Waals surface area contributed by atoms with Crippen molar-refractivity contribution in [3.05, 3.63) is 35.4 Å². The van der Waals surface area contributed by atoms with Crippen molar-refractivity contribution < 1.29 is 4.79 Å². The van der Waals surface area contributed by atoms with E-state index in [4.69, 9.17) is 5.73 Å². The third kappa shape index (κ3) is 2.64. The highest BCUT2D eigenvalue weighted by Crippen LogP contribution is 2.26. The highest BCUT2D eigenvalue weighted by atomic mass is 32.2. The van der Waals surface area contributed by atoms with Gasteiger partial charge in [-0.25, -0.2) is 4.98 Å². The number of primary amides is 1. The number of para-hydroxylation sites is 1. The molecule has 0 saturated carbocycles. The summed E-state index contributed by atoms with van der Waals surface area (Å²) in [5.41, 5.74) is 8.50. The summed E-state index contributed by atoms with van der Waals surface area (Å²) < 4.78 is 0. The maximum Gasteiger partial charge on any atom is 0.227 e. The Morgan fingerprint density at radius 2 is 2.22 bits per heavy atom. The molecule has 4 heteroatoms. The highest BCUT2D eigenvalue weighted by Gasteiger charge is 2.08. The molecule has 2 rings (SSSR count). The Hall–Kier alpha value is -1.55. The van der Waals surface area contributed by atoms with Crippen molar-refractivity contribution >= 4 is 28.6 Å². The van der Waals surface area contributed by atoms with Crippen molar-refractivity contribution in [2.75, 3.05) is 5.75 Å². The number of aromatic nitrogens is 1. The minimum atomic E-state index is -0.311. The second-order valence-corrected chi connectivity index (χ2v) is 5.17. The maximum absolute atomic E-state index is 10.9. The Bertz CT molecular complexity index is 596. The topological polar surface area (TPSA) is 56.0 Å². The first-order valence-corrected chi connectivity index (χ1v) is 6.90. The van der Waals surface area contributed by atoms with E-state index >= 15 is 0 Å². The molecular formula is C14H16N2OS. The van der Waals surface area contributed by atoms with Crippen LogP contribution in [0.4, 0.5) is 0 Å². The van der Waals surface area contributed by atoms with Gasteiger partial charge in [-0.1, -0.05) is 36.9 Å². The van der Waals surface area contributed by atoms with Crippen molar-refractivity contribution in [2.24, 2.45) is 5.73 Å². The highest BCUT2D eigenvalue weighted by molar-refractivity contribution is 7.99. The first-order chi connectivity index (χ1) is 8.61. The largest absolute Gasteiger partial charge is 0.369 e. The molecule has 0 unspecified atom stereocenters. The third-order valence-electron chi connectivity index (χ3n) is 2.82. The molecule has 0 bridgehead atoms. The summed E-state index contributed by atoms with van der Waals surface area (Å²) in [6.45, 7) is 4.14. The summed E-state index contributed by atoms with van der Waals surface area (Å²) in [7, 11) is 0. The number of pyridine rings is 1. The fraction of sp³-hybridized carbons (Fsp3) is 0.286. The lowest BCUT2D eigenvalue weighted by atomic mass is 10.1. The molecule has 2 N–H and O–H groups in total. The van der Waals surface area contributed by atoms with Crippen LogP contribution in [0.2, 0.25) is 0 Å². The first-order valence-electron chi connectivity index (χ1n) is 5.92. The van der Waals surface area contributed by atoms with Crippen LogP contribution in [-0.2, 0) is 11.2 Å². The number of aryl methyl sites for hydroxylation is 2. The SMILES string of the molecule is CCc1cc2cccc(C)c2nc1SCC(N)=O. The van der Waals surface area contributed by atoms with E-state index < -0.39 is 0 Å². The number of hydrogen-bond donors (Lipinski definition) is 1. The summed E-state index contributed by atoms with van der Waals surface area (Å²) in [5.74, 6) is -0.0362. The zero-order chi connectivity index (χ0) is 13.1. The number of nitrogens with zero attached hydrogens (tertiary/aromatic N) is 1. The number of amides is 1. The number of hydrogen-bond acceptors (Lipinski definition) is 3. The van der Waals surface area contributed by atoms with Crippen molar-refractivity contribution in [3.8, 4) is 0 Å². The van der Waals surface area contributed by atoms with Gasteiger partial charge in [-0.3, -0.25) is 4.79 Å². The van der Waals surface area contributed by atoms with E-state index in [1.54, 1.807) is 0 Å². The van der Waals surface area contributed by atoms with Gasteiger partial charge in [0.15, 0.2) is 0 Å². The van der Waals surface area contributed by atoms with Gasteiger partial charge in [-0.05, 0) is 30.5 Å². The molecule has 0 radical (unpaired) electrons. The zero-order valence-corrected chi connectivity index (χ0v) is 11.4. The number of rotatable bonds is 4. The van der Waals surface area contributed by atoms with Gasteiger partial charge in [0.1, 0.15) is 5.03 Å². The van der Waals surface area contributed by atoms with Crippen LogP contribution in [-0.4, -0.2) is 16.6 Å². The lowest BCUT2D eigenvalue weighted by molar-refractivity contribution is -0.115. The summed E-state index contributed by atoms with van der Waals surface area (Å²) in [6, 6.07) is 8.30. The summed E-state index contributed by atoms with van der Waals surface area (Å²) >= 11 is 1.42. The Balaban J connectivity index is 2.50. The smallest absolute Gasteiger partial charge is 0.227 e. The van der Waals surface area contributed by atoms with Gasteiger partial charge in [0, 0.05) is 5.39 Å². The third-order valence-corrected chi connectivity index (χ3v) is 3.87. The van der Waals surface area contributed by atoms with Crippen molar-refractivity contribution in [1.29, 1.82) is 0 Å². The minimum Gasteiger partial charge on any atom is -0.369 e. The number of carbonyl (C=O) groups excluding carboxylic acids is 1. The van der Waals surface area contributed by atoms with Gasteiger partial charge in [0.25, 0.3) is 0 Å². The molecule has 1 heterocycles. The van der Waals surface area contributed by atoms with Crippen molar-refractivity contribution in [1.82, 2.24) is 4.98 Å². The molecule has 18 heavy (non-hydrogen) atoms. The standard InChI is InChI=1S/C14H16N2OS/c1-3-10-7-11-6-4-5-9(2)13(11)16-14(10)18-8-12(15)17/h4-7H,3,8H2,1-2H3,(H2,15,17). The quantitative estimate of drug-likeness (QED) is 0.860. The van der Waals surface area contributed by atoms with E-state index in [-0.39, 0.29) is 11.7 Å². The van der Waals surface area contributed by atoms with Gasteiger partial charge in [-0.15, -0.1) is 0 Å². The van der Waals surface area contributed by atoms with Crippen molar-refractivity contribution in [3.63, 3.8) is 0 Å². The molecular weight excluding hydrogens is 244 g/mol. The number of carbonyl (C=O) groups is 1. The molecule has 1 aromatic heterocycles. The number of nitrogens with two attached hydrogens (primary N) is 1. The second-order valence-electron chi connectivity index (χ2n) is 4.21. The molecule has 0 atom stereocenters. The average Bonchev–Trinajstić information content (AvgIpc) is 2.36. The van der Waals surface area contributed by atoms with Crippen LogP contribution in [0.15, 0.2) is 29.3 Å². The van der Waals surface area contributed by atoms with E-state index in [1.807, 2.05) is 19.1 Å². The maximum atomic E-state index is 10.9. The molecule has 1 aromatic carbocycles. The normalized spacial score (nSPS) is 10.8. The fourth-order valence-corrected chi connectivity index (χ4v) is 2.71. The Morgan fingerprint density at radius 1 is 1.44 bits per heavy atom. The Kier molecular flexibility index (Phi) is 3.87. The average molecular weight is 260 g/mol. The van der Waals surface area contributed by atoms with E-state index in [1.165, 1.54) is 17.3 Å². The van der Waals surface area contributed by atoms with Gasteiger partial charge >= 0.3 is 0 Å². The molecule has 0 aliphatic rings. The lowest BCUT2D eigenvalue weighted by Gasteiger charge is -2.09. The van der Waals surface area contributed by atoms with E-state index in [9.17, 15) is 4.79 Å². The predicted molar refractivity (Wildman–Crippen MR) is 75.8 cm³/mol. The summed E-state index contributed by atoms with van der Waals surface area (Å²) in [6.07, 6.45) is 0.901. The van der Waals surface area contributed by atoms with Gasteiger partial charge in [0.05, 0.1) is 11.3 Å². The van der Waals surface area contributed by atoms with Crippen LogP contribution < -0.4 is 5.73 Å². The molecule has 0 aliphatic heterocycles. The molecule has 0 spiro atoms. The fourth-order valence-electron chi connectivity index (χ4n) is 1.89. The van der Waals surface area contributed by atoms with Gasteiger partial charge < -0.3 is 5.73 Å². The monoisotopic (exact) mass is 260 g/mol. The van der Waals surface area contributed by atoms with Crippen LogP contribution in [0, 0.1) is 6.92 Å². The van der Waals surface area contributed by atoms with Crippen LogP contribution >= 0.6 is 11.8 Å². The lowest BCUT2D eigenvalue weighted by Crippen LogP contribution is -2.13. The molecule has 0 aliphatic carbocycles. The Morgan fingerprint density at radius 3 is 2.89 bits per heavy atom. The molecule has 94 valence electrons. The van der Waals surface area contributed by atoms with Crippen LogP contribution in [0.1, 0.15) is 18.1 Å². The van der Waals surface area contributed by atoms with E-state index in [0.717, 1.165) is 27.9 Å². The number of fused-ring (bicyclic) bond motifs is 1. The van der Waals surface area contributed by atoms with Crippen LogP contribution in [0.25, 0.3) is 10.9 Å². The molecule has 2 aromatic rings. The first kappa shape index (κ1) is 12.9. The minimum absolute atomic E-state index is 0.275. The zero-order valence-electron chi connectivity index (χ0n) is 10.6. The second kappa shape index (κ2) is 5.40. The Labute approximate surface area is 111 Å². The number of thioether (sulfide) groups is 1. The molecule has 3 nitrogen and oxygen atoms in total. The van der Waals surface area contributed by atoms with Crippen LogP contribution in [0.5, 0.6) is 0 Å². The molecule has 1 amide bonds. The number of benzene rings is 1. The summed E-state index contributed by atoms with van der Waals surface area (Å²) in [4.78, 5) is 15.5. The van der Waals surface area contributed by atoms with Gasteiger partial charge in [-0.2, -0.15) is 0 Å². The summed E-state index contributed by atoms with van der Waals surface area (Å²) in [5, 5.41) is 2.06. The van der Waals surface area contributed by atoms with Crippen LogP contribution in [0.3, 0.4) is 0 Å².